The Bertz CT molecular complexity index is 1270. The smallest absolute Gasteiger partial charge is 0.410 e. The SMILES string of the molecule is CC(C)(C)OC(=O)N(CCCCOC(=O)C(O)(c1ccccc1)c1ccccc1)C1C2CN(Cc3ccccc3)CC21. The van der Waals surface area contributed by atoms with E-state index in [1.54, 1.807) is 48.5 Å². The first kappa shape index (κ1) is 29.8. The molecule has 2 atom stereocenters. The standard InChI is InChI=1S/C35H42N2O5/c1-34(2,3)42-33(39)37(31-29-24-36(25-30(29)31)23-26-15-7-4-8-16-26)21-13-14-22-41-32(38)35(40,27-17-9-5-10-18-27)28-19-11-6-12-20-28/h4-12,15-20,29-31,40H,13-14,21-25H2,1-3H3. The normalized spacial score (nSPS) is 20.0. The van der Waals surface area contributed by atoms with Gasteiger partial charge >= 0.3 is 12.1 Å². The Morgan fingerprint density at radius 2 is 1.36 bits per heavy atom. The molecule has 1 N–H and O–H groups in total. The molecule has 0 spiro atoms. The molecule has 0 radical (unpaired) electrons. The van der Waals surface area contributed by atoms with Crippen molar-refractivity contribution in [2.75, 3.05) is 26.2 Å². The Hall–Kier alpha value is -3.68. The molecule has 1 aliphatic carbocycles. The molecule has 2 aliphatic rings. The number of likely N-dealkylation sites (tertiary alicyclic amines) is 1. The van der Waals surface area contributed by atoms with E-state index in [2.05, 4.69) is 29.2 Å². The summed E-state index contributed by atoms with van der Waals surface area (Å²) in [5, 5.41) is 11.6. The van der Waals surface area contributed by atoms with Crippen LogP contribution in [-0.4, -0.2) is 64.9 Å². The lowest BCUT2D eigenvalue weighted by Gasteiger charge is -2.30. The van der Waals surface area contributed by atoms with Crippen LogP contribution in [0, 0.1) is 11.8 Å². The summed E-state index contributed by atoms with van der Waals surface area (Å²) in [6.07, 6.45) is 0.939. The molecule has 5 rings (SSSR count). The fraction of sp³-hybridized carbons (Fsp3) is 0.429. The lowest BCUT2D eigenvalue weighted by molar-refractivity contribution is -0.162. The van der Waals surface area contributed by atoms with E-state index in [-0.39, 0.29) is 18.7 Å². The van der Waals surface area contributed by atoms with Gasteiger partial charge < -0.3 is 19.5 Å². The molecule has 42 heavy (non-hydrogen) atoms. The summed E-state index contributed by atoms with van der Waals surface area (Å²) in [6.45, 7) is 9.21. The van der Waals surface area contributed by atoms with Crippen LogP contribution in [0.5, 0.6) is 0 Å². The van der Waals surface area contributed by atoms with E-state index in [1.165, 1.54) is 5.56 Å². The van der Waals surface area contributed by atoms with Crippen molar-refractivity contribution >= 4 is 12.1 Å². The molecule has 7 nitrogen and oxygen atoms in total. The molecule has 2 unspecified atom stereocenters. The van der Waals surface area contributed by atoms with Gasteiger partial charge in [-0.3, -0.25) is 4.90 Å². The second-order valence-electron chi connectivity index (χ2n) is 12.5. The summed E-state index contributed by atoms with van der Waals surface area (Å²) in [5.74, 6) is 0.191. The third-order valence-electron chi connectivity index (χ3n) is 8.17. The van der Waals surface area contributed by atoms with Crippen LogP contribution >= 0.6 is 0 Å². The third kappa shape index (κ3) is 6.85. The number of carbonyl (C=O) groups excluding carboxylic acids is 2. The number of amides is 1. The second kappa shape index (κ2) is 12.7. The van der Waals surface area contributed by atoms with Crippen LogP contribution < -0.4 is 0 Å². The maximum atomic E-state index is 13.3. The molecule has 0 aromatic heterocycles. The van der Waals surface area contributed by atoms with Gasteiger partial charge in [-0.2, -0.15) is 0 Å². The Labute approximate surface area is 249 Å². The zero-order chi connectivity index (χ0) is 29.7. The minimum atomic E-state index is -1.90. The van der Waals surface area contributed by atoms with Crippen molar-refractivity contribution in [2.45, 2.75) is 57.4 Å². The van der Waals surface area contributed by atoms with E-state index in [1.807, 2.05) is 43.9 Å². The molecule has 222 valence electrons. The Morgan fingerprint density at radius 3 is 1.88 bits per heavy atom. The van der Waals surface area contributed by atoms with E-state index in [9.17, 15) is 14.7 Å². The topological polar surface area (TPSA) is 79.3 Å². The summed E-state index contributed by atoms with van der Waals surface area (Å²) in [6, 6.07) is 28.4. The van der Waals surface area contributed by atoms with E-state index >= 15 is 0 Å². The van der Waals surface area contributed by atoms with Crippen LogP contribution in [0.2, 0.25) is 0 Å². The molecule has 1 saturated carbocycles. The molecule has 1 aliphatic heterocycles. The number of hydrogen-bond acceptors (Lipinski definition) is 6. The average Bonchev–Trinajstić information content (AvgIpc) is 3.46. The first-order chi connectivity index (χ1) is 20.2. The first-order valence-corrected chi connectivity index (χ1v) is 14.9. The zero-order valence-electron chi connectivity index (χ0n) is 24.8. The van der Waals surface area contributed by atoms with E-state index in [0.29, 0.717) is 42.3 Å². The van der Waals surface area contributed by atoms with Gasteiger partial charge in [-0.15, -0.1) is 0 Å². The Kier molecular flexibility index (Phi) is 8.99. The lowest BCUT2D eigenvalue weighted by atomic mass is 9.86. The van der Waals surface area contributed by atoms with Crippen molar-refractivity contribution < 1.29 is 24.2 Å². The molecule has 3 aromatic rings. The Morgan fingerprint density at radius 1 is 0.833 bits per heavy atom. The average molecular weight is 571 g/mol. The van der Waals surface area contributed by atoms with Crippen LogP contribution in [0.4, 0.5) is 4.79 Å². The molecule has 2 fully saturated rings. The number of hydrogen-bond donors (Lipinski definition) is 1. The summed E-state index contributed by atoms with van der Waals surface area (Å²) in [7, 11) is 0. The molecule has 1 amide bonds. The molecular formula is C35H42N2O5. The van der Waals surface area contributed by atoms with Gasteiger partial charge in [0.25, 0.3) is 0 Å². The van der Waals surface area contributed by atoms with Crippen molar-refractivity contribution in [1.82, 2.24) is 9.80 Å². The molecule has 0 bridgehead atoms. The minimum Gasteiger partial charge on any atom is -0.463 e. The molecular weight excluding hydrogens is 528 g/mol. The van der Waals surface area contributed by atoms with Crippen LogP contribution in [-0.2, 0) is 26.4 Å². The second-order valence-corrected chi connectivity index (χ2v) is 12.5. The zero-order valence-corrected chi connectivity index (χ0v) is 24.8. The predicted octanol–water partition coefficient (Wildman–Crippen LogP) is 5.61. The number of esters is 1. The molecule has 3 aromatic carbocycles. The lowest BCUT2D eigenvalue weighted by Crippen LogP contribution is -2.42. The van der Waals surface area contributed by atoms with Gasteiger partial charge in [0.1, 0.15) is 5.60 Å². The maximum absolute atomic E-state index is 13.3. The largest absolute Gasteiger partial charge is 0.463 e. The number of benzene rings is 3. The number of unbranched alkanes of at least 4 members (excludes halogenated alkanes) is 1. The monoisotopic (exact) mass is 570 g/mol. The van der Waals surface area contributed by atoms with Crippen LogP contribution in [0.3, 0.4) is 0 Å². The quantitative estimate of drug-likeness (QED) is 0.238. The predicted molar refractivity (Wildman–Crippen MR) is 162 cm³/mol. The van der Waals surface area contributed by atoms with Gasteiger partial charge in [0.05, 0.1) is 6.61 Å². The molecule has 1 saturated heterocycles. The van der Waals surface area contributed by atoms with Crippen molar-refractivity contribution in [1.29, 1.82) is 0 Å². The van der Waals surface area contributed by atoms with Crippen molar-refractivity contribution in [2.24, 2.45) is 11.8 Å². The number of ether oxygens (including phenoxy) is 2. The van der Waals surface area contributed by atoms with Gasteiger partial charge in [0, 0.05) is 32.2 Å². The Balaban J connectivity index is 1.16. The van der Waals surface area contributed by atoms with E-state index in [0.717, 1.165) is 19.6 Å². The summed E-state index contributed by atoms with van der Waals surface area (Å²) >= 11 is 0. The number of carbonyl (C=O) groups is 2. The highest BCUT2D eigenvalue weighted by molar-refractivity contribution is 5.85. The highest BCUT2D eigenvalue weighted by Gasteiger charge is 2.59. The fourth-order valence-corrected chi connectivity index (χ4v) is 6.11. The third-order valence-corrected chi connectivity index (χ3v) is 8.17. The number of piperidine rings is 1. The first-order valence-electron chi connectivity index (χ1n) is 14.9. The molecule has 7 heteroatoms. The number of fused-ring (bicyclic) bond motifs is 1. The van der Waals surface area contributed by atoms with Crippen molar-refractivity contribution in [3.8, 4) is 0 Å². The maximum Gasteiger partial charge on any atom is 0.410 e. The van der Waals surface area contributed by atoms with Crippen molar-refractivity contribution in [3.05, 3.63) is 108 Å². The summed E-state index contributed by atoms with van der Waals surface area (Å²) in [5.41, 5.74) is -0.256. The highest BCUT2D eigenvalue weighted by Crippen LogP contribution is 2.49. The van der Waals surface area contributed by atoms with E-state index in [4.69, 9.17) is 9.47 Å². The van der Waals surface area contributed by atoms with Crippen LogP contribution in [0.15, 0.2) is 91.0 Å². The number of rotatable bonds is 11. The van der Waals surface area contributed by atoms with Gasteiger partial charge in [-0.1, -0.05) is 91.0 Å². The molecule has 1 heterocycles. The number of aliphatic hydroxyl groups is 1. The van der Waals surface area contributed by atoms with Gasteiger partial charge in [0.15, 0.2) is 0 Å². The highest BCUT2D eigenvalue weighted by atomic mass is 16.6. The van der Waals surface area contributed by atoms with Gasteiger partial charge in [-0.25, -0.2) is 9.59 Å². The van der Waals surface area contributed by atoms with Gasteiger partial charge in [-0.05, 0) is 62.1 Å². The number of nitrogens with zero attached hydrogens (tertiary/aromatic N) is 2. The van der Waals surface area contributed by atoms with Gasteiger partial charge in [0.2, 0.25) is 5.60 Å². The summed E-state index contributed by atoms with van der Waals surface area (Å²) < 4.78 is 11.4. The summed E-state index contributed by atoms with van der Waals surface area (Å²) in [4.78, 5) is 30.9. The van der Waals surface area contributed by atoms with Crippen molar-refractivity contribution in [3.63, 3.8) is 0 Å². The van der Waals surface area contributed by atoms with E-state index < -0.39 is 17.2 Å². The van der Waals surface area contributed by atoms with Crippen LogP contribution in [0.1, 0.15) is 50.3 Å². The van der Waals surface area contributed by atoms with Crippen LogP contribution in [0.25, 0.3) is 0 Å². The minimum absolute atomic E-state index is 0.144. The fourth-order valence-electron chi connectivity index (χ4n) is 6.11.